The van der Waals surface area contributed by atoms with E-state index in [2.05, 4.69) is 4.90 Å². The Hall–Kier alpha value is -0.940. The SMILES string of the molecule is CC(CO)N1CC(N2C(=O)CCC2=O)C1. The molecule has 2 aliphatic rings. The molecule has 15 heavy (non-hydrogen) atoms. The Bertz CT molecular complexity index is 270. The molecular weight excluding hydrogens is 196 g/mol. The van der Waals surface area contributed by atoms with Crippen LogP contribution in [0.2, 0.25) is 0 Å². The fraction of sp³-hybridized carbons (Fsp3) is 0.800. The van der Waals surface area contributed by atoms with Crippen LogP contribution in [0, 0.1) is 0 Å². The van der Waals surface area contributed by atoms with Gasteiger partial charge in [0.15, 0.2) is 0 Å². The minimum absolute atomic E-state index is 0.0405. The van der Waals surface area contributed by atoms with Crippen molar-refractivity contribution in [3.05, 3.63) is 0 Å². The highest BCUT2D eigenvalue weighted by atomic mass is 16.3. The van der Waals surface area contributed by atoms with Gasteiger partial charge in [-0.1, -0.05) is 0 Å². The number of imide groups is 1. The van der Waals surface area contributed by atoms with Crippen molar-refractivity contribution in [1.82, 2.24) is 9.80 Å². The second-order valence-electron chi connectivity index (χ2n) is 4.30. The summed E-state index contributed by atoms with van der Waals surface area (Å²) in [6.07, 6.45) is 0.732. The zero-order valence-corrected chi connectivity index (χ0v) is 8.85. The summed E-state index contributed by atoms with van der Waals surface area (Å²) >= 11 is 0. The summed E-state index contributed by atoms with van der Waals surface area (Å²) in [5.41, 5.74) is 0. The highest BCUT2D eigenvalue weighted by molar-refractivity contribution is 6.02. The average molecular weight is 212 g/mol. The van der Waals surface area contributed by atoms with Crippen molar-refractivity contribution in [2.45, 2.75) is 31.8 Å². The molecule has 0 aromatic heterocycles. The van der Waals surface area contributed by atoms with Crippen molar-refractivity contribution in [1.29, 1.82) is 0 Å². The minimum atomic E-state index is -0.0405. The highest BCUT2D eigenvalue weighted by Gasteiger charge is 2.42. The largest absolute Gasteiger partial charge is 0.395 e. The van der Waals surface area contributed by atoms with Gasteiger partial charge in [-0.05, 0) is 6.92 Å². The van der Waals surface area contributed by atoms with Crippen LogP contribution in [-0.4, -0.2) is 58.5 Å². The zero-order valence-electron chi connectivity index (χ0n) is 8.85. The molecule has 84 valence electrons. The van der Waals surface area contributed by atoms with E-state index < -0.39 is 0 Å². The lowest BCUT2D eigenvalue weighted by Gasteiger charge is -2.45. The molecule has 2 aliphatic heterocycles. The van der Waals surface area contributed by atoms with Crippen molar-refractivity contribution in [3.8, 4) is 0 Å². The molecular formula is C10H16N2O3. The van der Waals surface area contributed by atoms with Crippen LogP contribution in [0.4, 0.5) is 0 Å². The molecule has 0 aromatic rings. The van der Waals surface area contributed by atoms with Crippen LogP contribution < -0.4 is 0 Å². The van der Waals surface area contributed by atoms with Gasteiger partial charge in [-0.15, -0.1) is 0 Å². The highest BCUT2D eigenvalue weighted by Crippen LogP contribution is 2.23. The van der Waals surface area contributed by atoms with E-state index in [4.69, 9.17) is 5.11 Å². The average Bonchev–Trinajstić information content (AvgIpc) is 2.46. The number of hydrogen-bond donors (Lipinski definition) is 1. The van der Waals surface area contributed by atoms with Crippen LogP contribution in [0.25, 0.3) is 0 Å². The fourth-order valence-electron chi connectivity index (χ4n) is 2.13. The number of rotatable bonds is 3. The molecule has 0 radical (unpaired) electrons. The first-order valence-electron chi connectivity index (χ1n) is 5.33. The lowest BCUT2D eigenvalue weighted by Crippen LogP contribution is -2.63. The van der Waals surface area contributed by atoms with Gasteiger partial charge >= 0.3 is 0 Å². The van der Waals surface area contributed by atoms with Crippen LogP contribution in [-0.2, 0) is 9.59 Å². The van der Waals surface area contributed by atoms with Crippen molar-refractivity contribution in [2.75, 3.05) is 19.7 Å². The summed E-state index contributed by atoms with van der Waals surface area (Å²) in [4.78, 5) is 26.3. The number of carbonyl (C=O) groups excluding carboxylic acids is 2. The third-order valence-corrected chi connectivity index (χ3v) is 3.23. The third-order valence-electron chi connectivity index (χ3n) is 3.23. The lowest BCUT2D eigenvalue weighted by molar-refractivity contribution is -0.146. The minimum Gasteiger partial charge on any atom is -0.395 e. The summed E-state index contributed by atoms with van der Waals surface area (Å²) in [6, 6.07) is 0.163. The van der Waals surface area contributed by atoms with Gasteiger partial charge in [-0.2, -0.15) is 0 Å². The first kappa shape index (κ1) is 10.6. The quantitative estimate of drug-likeness (QED) is 0.622. The van der Waals surface area contributed by atoms with Crippen LogP contribution in [0.15, 0.2) is 0 Å². The Labute approximate surface area is 88.6 Å². The van der Waals surface area contributed by atoms with E-state index in [0.29, 0.717) is 25.9 Å². The number of aliphatic hydroxyl groups excluding tert-OH is 1. The molecule has 2 fully saturated rings. The van der Waals surface area contributed by atoms with Gasteiger partial charge in [0.1, 0.15) is 0 Å². The summed E-state index contributed by atoms with van der Waals surface area (Å²) in [5.74, 6) is -0.0809. The van der Waals surface area contributed by atoms with Crippen LogP contribution in [0.5, 0.6) is 0 Å². The molecule has 0 saturated carbocycles. The molecule has 0 aliphatic carbocycles. The normalized spacial score (nSPS) is 25.9. The van der Waals surface area contributed by atoms with Crippen LogP contribution in [0.1, 0.15) is 19.8 Å². The number of carbonyl (C=O) groups is 2. The number of nitrogens with zero attached hydrogens (tertiary/aromatic N) is 2. The Morgan fingerprint density at radius 3 is 2.33 bits per heavy atom. The maximum absolute atomic E-state index is 11.4. The van der Waals surface area contributed by atoms with Gasteiger partial charge in [0.2, 0.25) is 11.8 Å². The predicted octanol–water partition coefficient (Wildman–Crippen LogP) is -0.800. The Morgan fingerprint density at radius 1 is 1.33 bits per heavy atom. The van der Waals surface area contributed by atoms with Gasteiger partial charge in [-0.25, -0.2) is 0 Å². The van der Waals surface area contributed by atoms with E-state index in [1.54, 1.807) is 0 Å². The van der Waals surface area contributed by atoms with E-state index in [9.17, 15) is 9.59 Å². The Morgan fingerprint density at radius 2 is 1.87 bits per heavy atom. The molecule has 0 bridgehead atoms. The maximum Gasteiger partial charge on any atom is 0.230 e. The van der Waals surface area contributed by atoms with Crippen LogP contribution in [0.3, 0.4) is 0 Å². The third kappa shape index (κ3) is 1.77. The van der Waals surface area contributed by atoms with Crippen molar-refractivity contribution >= 4 is 11.8 Å². The second-order valence-corrected chi connectivity index (χ2v) is 4.30. The summed E-state index contributed by atoms with van der Waals surface area (Å²) in [7, 11) is 0. The van der Waals surface area contributed by atoms with Gasteiger partial charge in [0, 0.05) is 32.0 Å². The monoisotopic (exact) mass is 212 g/mol. The molecule has 1 atom stereocenters. The number of aliphatic hydroxyl groups is 1. The molecule has 5 heteroatoms. The molecule has 2 heterocycles. The zero-order chi connectivity index (χ0) is 11.0. The van der Waals surface area contributed by atoms with Crippen molar-refractivity contribution in [3.63, 3.8) is 0 Å². The van der Waals surface area contributed by atoms with Gasteiger partial charge in [0.25, 0.3) is 0 Å². The molecule has 2 amide bonds. The number of hydrogen-bond acceptors (Lipinski definition) is 4. The molecule has 0 spiro atoms. The molecule has 5 nitrogen and oxygen atoms in total. The maximum atomic E-state index is 11.4. The standard InChI is InChI=1S/C10H16N2O3/c1-7(6-13)11-4-8(5-11)12-9(14)2-3-10(12)15/h7-8,13H,2-6H2,1H3. The summed E-state index contributed by atoms with van der Waals surface area (Å²) in [6.45, 7) is 3.47. The molecule has 0 aromatic carbocycles. The molecule has 2 rings (SSSR count). The molecule has 1 unspecified atom stereocenters. The topological polar surface area (TPSA) is 60.9 Å². The summed E-state index contributed by atoms with van der Waals surface area (Å²) < 4.78 is 0. The van der Waals surface area contributed by atoms with Gasteiger partial charge in [0.05, 0.1) is 12.6 Å². The van der Waals surface area contributed by atoms with Crippen molar-refractivity contribution in [2.24, 2.45) is 0 Å². The van der Waals surface area contributed by atoms with E-state index in [1.165, 1.54) is 4.90 Å². The first-order chi connectivity index (χ1) is 7.13. The second kappa shape index (κ2) is 3.90. The lowest BCUT2D eigenvalue weighted by atomic mass is 10.0. The summed E-state index contributed by atoms with van der Waals surface area (Å²) in [5, 5.41) is 8.94. The first-order valence-corrected chi connectivity index (χ1v) is 5.33. The van der Waals surface area contributed by atoms with Gasteiger partial charge < -0.3 is 5.11 Å². The van der Waals surface area contributed by atoms with E-state index in [1.807, 2.05) is 6.92 Å². The van der Waals surface area contributed by atoms with E-state index in [0.717, 1.165) is 0 Å². The predicted molar refractivity (Wildman–Crippen MR) is 53.0 cm³/mol. The Kier molecular flexibility index (Phi) is 2.75. The number of amides is 2. The van der Waals surface area contributed by atoms with Crippen molar-refractivity contribution < 1.29 is 14.7 Å². The van der Waals surface area contributed by atoms with Crippen LogP contribution >= 0.6 is 0 Å². The van der Waals surface area contributed by atoms with Gasteiger partial charge in [-0.3, -0.25) is 19.4 Å². The van der Waals surface area contributed by atoms with E-state index >= 15 is 0 Å². The fourth-order valence-corrected chi connectivity index (χ4v) is 2.13. The molecule has 1 N–H and O–H groups in total. The number of likely N-dealkylation sites (tertiary alicyclic amines) is 2. The Balaban J connectivity index is 1.89. The molecule has 2 saturated heterocycles. The smallest absolute Gasteiger partial charge is 0.230 e. The van der Waals surface area contributed by atoms with E-state index in [-0.39, 0.29) is 30.5 Å².